The third-order valence-electron chi connectivity index (χ3n) is 5.87. The van der Waals surface area contributed by atoms with Crippen molar-refractivity contribution in [2.45, 2.75) is 31.2 Å². The number of hydrogen-bond acceptors (Lipinski definition) is 6. The van der Waals surface area contributed by atoms with Gasteiger partial charge in [-0.2, -0.15) is 9.40 Å². The highest BCUT2D eigenvalue weighted by molar-refractivity contribution is 7.91. The first-order chi connectivity index (χ1) is 14.5. The van der Waals surface area contributed by atoms with E-state index >= 15 is 0 Å². The SMILES string of the molecule is Cc1nn(C2CCS(=O)(=O)C2)c(C)c1N1CCN(S(=O)(=O)c2cc(F)cc(F)c2)CC1. The monoisotopic (exact) mass is 474 g/mol. The highest BCUT2D eigenvalue weighted by atomic mass is 32.2. The normalized spacial score (nSPS) is 22.2. The molecule has 4 rings (SSSR count). The number of sulfone groups is 1. The van der Waals surface area contributed by atoms with Crippen LogP contribution in [-0.4, -0.2) is 68.6 Å². The third kappa shape index (κ3) is 4.20. The molecule has 1 aromatic carbocycles. The lowest BCUT2D eigenvalue weighted by atomic mass is 10.2. The van der Waals surface area contributed by atoms with E-state index in [1.807, 2.05) is 18.7 Å². The zero-order valence-electron chi connectivity index (χ0n) is 17.3. The first-order valence-corrected chi connectivity index (χ1v) is 13.2. The molecule has 1 atom stereocenters. The van der Waals surface area contributed by atoms with Gasteiger partial charge < -0.3 is 4.90 Å². The Balaban J connectivity index is 1.52. The van der Waals surface area contributed by atoms with E-state index in [0.717, 1.165) is 29.2 Å². The van der Waals surface area contributed by atoms with Gasteiger partial charge >= 0.3 is 0 Å². The Bertz CT molecular complexity index is 1200. The van der Waals surface area contributed by atoms with Crippen LogP contribution in [-0.2, 0) is 19.9 Å². The highest BCUT2D eigenvalue weighted by Crippen LogP contribution is 2.32. The van der Waals surface area contributed by atoms with Crippen molar-refractivity contribution >= 4 is 25.5 Å². The van der Waals surface area contributed by atoms with Crippen LogP contribution in [0.2, 0.25) is 0 Å². The van der Waals surface area contributed by atoms with Crippen molar-refractivity contribution in [3.63, 3.8) is 0 Å². The van der Waals surface area contributed by atoms with Gasteiger partial charge in [0.1, 0.15) is 11.6 Å². The van der Waals surface area contributed by atoms with Crippen molar-refractivity contribution in [1.29, 1.82) is 0 Å². The maximum atomic E-state index is 13.5. The molecule has 12 heteroatoms. The molecule has 2 saturated heterocycles. The molecule has 1 aromatic heterocycles. The average Bonchev–Trinajstić information content (AvgIpc) is 3.19. The number of sulfonamides is 1. The highest BCUT2D eigenvalue weighted by Gasteiger charge is 2.34. The maximum absolute atomic E-state index is 13.5. The summed E-state index contributed by atoms with van der Waals surface area (Å²) < 4.78 is 79.3. The molecule has 170 valence electrons. The number of halogens is 2. The van der Waals surface area contributed by atoms with Gasteiger partial charge in [0.2, 0.25) is 10.0 Å². The van der Waals surface area contributed by atoms with E-state index in [1.54, 1.807) is 4.68 Å². The van der Waals surface area contributed by atoms with Crippen LogP contribution < -0.4 is 4.90 Å². The number of aryl methyl sites for hydroxylation is 1. The van der Waals surface area contributed by atoms with E-state index in [2.05, 4.69) is 5.10 Å². The van der Waals surface area contributed by atoms with Gasteiger partial charge in [-0.25, -0.2) is 25.6 Å². The molecule has 0 spiro atoms. The summed E-state index contributed by atoms with van der Waals surface area (Å²) in [7, 11) is -7.06. The number of hydrogen-bond donors (Lipinski definition) is 0. The first-order valence-electron chi connectivity index (χ1n) is 9.95. The van der Waals surface area contributed by atoms with E-state index < -0.39 is 36.4 Å². The number of nitrogens with zero attached hydrogens (tertiary/aromatic N) is 4. The van der Waals surface area contributed by atoms with Gasteiger partial charge in [-0.05, 0) is 32.4 Å². The van der Waals surface area contributed by atoms with Gasteiger partial charge in [0, 0.05) is 32.2 Å². The predicted octanol–water partition coefficient (Wildman–Crippen LogP) is 1.65. The molecule has 0 radical (unpaired) electrons. The number of piperazine rings is 1. The molecular formula is C19H24F2N4O4S2. The third-order valence-corrected chi connectivity index (χ3v) is 9.50. The van der Waals surface area contributed by atoms with Gasteiger partial charge in [0.15, 0.2) is 9.84 Å². The van der Waals surface area contributed by atoms with E-state index in [-0.39, 0.29) is 30.6 Å². The maximum Gasteiger partial charge on any atom is 0.243 e. The number of benzene rings is 1. The largest absolute Gasteiger partial charge is 0.366 e. The fourth-order valence-corrected chi connectivity index (χ4v) is 7.57. The topological polar surface area (TPSA) is 92.6 Å². The Hall–Kier alpha value is -2.05. The van der Waals surface area contributed by atoms with Crippen molar-refractivity contribution in [2.24, 2.45) is 0 Å². The summed E-state index contributed by atoms with van der Waals surface area (Å²) in [6.07, 6.45) is 0.528. The molecule has 2 aromatic rings. The average molecular weight is 475 g/mol. The van der Waals surface area contributed by atoms with Crippen molar-refractivity contribution in [2.75, 3.05) is 42.6 Å². The van der Waals surface area contributed by atoms with Crippen molar-refractivity contribution in [3.05, 3.63) is 41.2 Å². The molecule has 2 fully saturated rings. The summed E-state index contributed by atoms with van der Waals surface area (Å²) in [4.78, 5) is 1.62. The minimum atomic E-state index is -4.01. The van der Waals surface area contributed by atoms with Gasteiger partial charge in [-0.1, -0.05) is 0 Å². The number of anilines is 1. The summed E-state index contributed by atoms with van der Waals surface area (Å²) in [5, 5.41) is 4.56. The Labute approximate surface area is 180 Å². The van der Waals surface area contributed by atoms with Crippen LogP contribution in [0.1, 0.15) is 23.9 Å². The second-order valence-electron chi connectivity index (χ2n) is 8.02. The van der Waals surface area contributed by atoms with Crippen LogP contribution in [0.4, 0.5) is 14.5 Å². The summed E-state index contributed by atoms with van der Waals surface area (Å²) in [5.41, 5.74) is 2.48. The van der Waals surface area contributed by atoms with E-state index in [4.69, 9.17) is 0 Å². The molecule has 0 saturated carbocycles. The van der Waals surface area contributed by atoms with Crippen molar-refractivity contribution in [1.82, 2.24) is 14.1 Å². The number of aromatic nitrogens is 2. The van der Waals surface area contributed by atoms with Crippen LogP contribution in [0.5, 0.6) is 0 Å². The fraction of sp³-hybridized carbons (Fsp3) is 0.526. The molecule has 0 bridgehead atoms. The van der Waals surface area contributed by atoms with Crippen LogP contribution in [0.3, 0.4) is 0 Å². The van der Waals surface area contributed by atoms with Gasteiger partial charge in [0.05, 0.1) is 39.5 Å². The quantitative estimate of drug-likeness (QED) is 0.669. The van der Waals surface area contributed by atoms with E-state index in [9.17, 15) is 25.6 Å². The van der Waals surface area contributed by atoms with Crippen LogP contribution in [0, 0.1) is 25.5 Å². The molecule has 0 N–H and O–H groups in total. The molecule has 0 aliphatic carbocycles. The van der Waals surface area contributed by atoms with Gasteiger partial charge in [0.25, 0.3) is 0 Å². The molecule has 3 heterocycles. The van der Waals surface area contributed by atoms with Crippen LogP contribution in [0.15, 0.2) is 23.1 Å². The Kier molecular flexibility index (Phi) is 5.59. The zero-order valence-corrected chi connectivity index (χ0v) is 18.9. The lowest BCUT2D eigenvalue weighted by Crippen LogP contribution is -2.49. The minimum absolute atomic E-state index is 0.0740. The first kappa shape index (κ1) is 22.2. The van der Waals surface area contributed by atoms with Crippen molar-refractivity contribution in [3.8, 4) is 0 Å². The molecule has 2 aliphatic rings. The molecule has 8 nitrogen and oxygen atoms in total. The molecule has 31 heavy (non-hydrogen) atoms. The van der Waals surface area contributed by atoms with Crippen LogP contribution in [0.25, 0.3) is 0 Å². The van der Waals surface area contributed by atoms with Gasteiger partial charge in [-0.15, -0.1) is 0 Å². The molecule has 2 aliphatic heterocycles. The number of rotatable bonds is 4. The fourth-order valence-electron chi connectivity index (χ4n) is 4.41. The second kappa shape index (κ2) is 7.82. The Morgan fingerprint density at radius 2 is 1.65 bits per heavy atom. The standard InChI is InChI=1S/C19H24F2N4O4S2/c1-13-19(14(2)25(22-13)17-3-8-30(26,27)12-17)23-4-6-24(7-5-23)31(28,29)18-10-15(20)9-16(21)11-18/h9-11,17H,3-8,12H2,1-2H3. The minimum Gasteiger partial charge on any atom is -0.366 e. The lowest BCUT2D eigenvalue weighted by Gasteiger charge is -2.35. The smallest absolute Gasteiger partial charge is 0.243 e. The van der Waals surface area contributed by atoms with E-state index in [1.165, 1.54) is 4.31 Å². The van der Waals surface area contributed by atoms with Crippen molar-refractivity contribution < 1.29 is 25.6 Å². The second-order valence-corrected chi connectivity index (χ2v) is 12.2. The summed E-state index contributed by atoms with van der Waals surface area (Å²) in [6, 6.07) is 2.08. The molecular weight excluding hydrogens is 450 g/mol. The lowest BCUT2D eigenvalue weighted by molar-refractivity contribution is 0.383. The zero-order chi connectivity index (χ0) is 22.6. The summed E-state index contributed by atoms with van der Waals surface area (Å²) >= 11 is 0. The summed E-state index contributed by atoms with van der Waals surface area (Å²) in [6.45, 7) is 4.81. The van der Waals surface area contributed by atoms with Gasteiger partial charge in [-0.3, -0.25) is 4.68 Å². The predicted molar refractivity (Wildman–Crippen MR) is 111 cm³/mol. The molecule has 1 unspecified atom stereocenters. The Morgan fingerprint density at radius 1 is 1.03 bits per heavy atom. The van der Waals surface area contributed by atoms with E-state index in [0.29, 0.717) is 25.6 Å². The molecule has 0 amide bonds. The summed E-state index contributed by atoms with van der Waals surface area (Å²) in [5.74, 6) is -1.65. The van der Waals surface area contributed by atoms with Crippen LogP contribution >= 0.6 is 0 Å². The Morgan fingerprint density at radius 3 is 2.19 bits per heavy atom.